The third-order valence-electron chi connectivity index (χ3n) is 7.44. The van der Waals surface area contributed by atoms with Crippen molar-refractivity contribution in [1.82, 2.24) is 10.2 Å². The Hall–Kier alpha value is -4.79. The van der Waals surface area contributed by atoms with E-state index in [0.29, 0.717) is 29.0 Å². The highest BCUT2D eigenvalue weighted by Crippen LogP contribution is 2.40. The fourth-order valence-electron chi connectivity index (χ4n) is 5.18. The van der Waals surface area contributed by atoms with Crippen molar-refractivity contribution < 1.29 is 32.6 Å². The number of halogens is 1. The van der Waals surface area contributed by atoms with E-state index in [9.17, 15) is 14.0 Å². The highest BCUT2D eigenvalue weighted by atomic mass is 19.1. The van der Waals surface area contributed by atoms with E-state index in [0.717, 1.165) is 28.1 Å². The van der Waals surface area contributed by atoms with Gasteiger partial charge in [-0.05, 0) is 69.2 Å². The average molecular weight is 573 g/mol. The zero-order valence-electron chi connectivity index (χ0n) is 24.5. The van der Waals surface area contributed by atoms with Gasteiger partial charge in [0.1, 0.15) is 35.2 Å². The highest BCUT2D eigenvalue weighted by Gasteiger charge is 2.38. The number of fused-ring (bicyclic) bond motifs is 2. The van der Waals surface area contributed by atoms with Crippen molar-refractivity contribution in [2.75, 3.05) is 20.8 Å². The van der Waals surface area contributed by atoms with Crippen LogP contribution < -0.4 is 19.5 Å². The Morgan fingerprint density at radius 1 is 1.07 bits per heavy atom. The SMILES string of the molecule is COc1cc(OC(=O)c2occc2C)ccc1C1=CC=C2CC(=C1COc1cc(F)ccc1C)N(C)C(=O)C(C)(C)N2. The molecular weight excluding hydrogens is 539 g/mol. The molecule has 1 aromatic heterocycles. The van der Waals surface area contributed by atoms with E-state index >= 15 is 0 Å². The number of allylic oxidation sites excluding steroid dienone is 2. The number of nitrogens with zero attached hydrogens (tertiary/aromatic N) is 1. The molecule has 0 spiro atoms. The van der Waals surface area contributed by atoms with Crippen LogP contribution >= 0.6 is 0 Å². The number of nitrogens with one attached hydrogen (secondary N) is 1. The summed E-state index contributed by atoms with van der Waals surface area (Å²) in [6.45, 7) is 7.34. The predicted octanol–water partition coefficient (Wildman–Crippen LogP) is 6.11. The van der Waals surface area contributed by atoms with E-state index in [2.05, 4.69) is 5.32 Å². The second kappa shape index (κ2) is 11.2. The molecule has 1 saturated heterocycles. The molecule has 3 aromatic rings. The fourth-order valence-corrected chi connectivity index (χ4v) is 5.18. The Labute approximate surface area is 244 Å². The first kappa shape index (κ1) is 28.7. The van der Waals surface area contributed by atoms with Crippen molar-refractivity contribution in [2.45, 2.75) is 39.7 Å². The van der Waals surface area contributed by atoms with Crippen LogP contribution in [0.15, 0.2) is 82.3 Å². The van der Waals surface area contributed by atoms with Crippen molar-refractivity contribution in [1.29, 1.82) is 0 Å². The van der Waals surface area contributed by atoms with Gasteiger partial charge in [0.15, 0.2) is 0 Å². The van der Waals surface area contributed by atoms with Gasteiger partial charge in [0.05, 0.1) is 13.4 Å². The molecule has 2 aliphatic rings. The quantitative estimate of drug-likeness (QED) is 0.270. The van der Waals surface area contributed by atoms with E-state index in [4.69, 9.17) is 18.6 Å². The summed E-state index contributed by atoms with van der Waals surface area (Å²) < 4.78 is 36.9. The van der Waals surface area contributed by atoms with Crippen LogP contribution in [0, 0.1) is 19.7 Å². The van der Waals surface area contributed by atoms with Crippen LogP contribution in [0.25, 0.3) is 5.57 Å². The molecule has 9 heteroatoms. The van der Waals surface area contributed by atoms with Gasteiger partial charge in [0.25, 0.3) is 5.91 Å². The molecule has 0 unspecified atom stereocenters. The Kier molecular flexibility index (Phi) is 7.69. The molecule has 1 fully saturated rings. The molecule has 0 atom stereocenters. The van der Waals surface area contributed by atoms with Gasteiger partial charge in [0, 0.05) is 53.7 Å². The van der Waals surface area contributed by atoms with Gasteiger partial charge in [0.2, 0.25) is 5.76 Å². The maximum Gasteiger partial charge on any atom is 0.379 e. The molecule has 42 heavy (non-hydrogen) atoms. The number of amides is 1. The molecule has 0 radical (unpaired) electrons. The number of rotatable bonds is 7. The summed E-state index contributed by atoms with van der Waals surface area (Å²) in [7, 11) is 3.27. The van der Waals surface area contributed by atoms with E-state index in [1.54, 1.807) is 49.2 Å². The molecule has 1 N–H and O–H groups in total. The Balaban J connectivity index is 1.58. The number of esters is 1. The summed E-state index contributed by atoms with van der Waals surface area (Å²) >= 11 is 0. The number of methoxy groups -OCH3 is 1. The van der Waals surface area contributed by atoms with Gasteiger partial charge >= 0.3 is 5.97 Å². The molecule has 1 amide bonds. The third kappa shape index (κ3) is 5.54. The van der Waals surface area contributed by atoms with Crippen LogP contribution in [0.3, 0.4) is 0 Å². The number of hydrogen-bond acceptors (Lipinski definition) is 7. The smallest absolute Gasteiger partial charge is 0.379 e. The van der Waals surface area contributed by atoms with Crippen LogP contribution in [0.5, 0.6) is 17.2 Å². The van der Waals surface area contributed by atoms with Crippen LogP contribution in [-0.2, 0) is 4.79 Å². The van der Waals surface area contributed by atoms with Gasteiger partial charge in [-0.1, -0.05) is 12.1 Å². The fraction of sp³-hybridized carbons (Fsp3) is 0.273. The van der Waals surface area contributed by atoms with Gasteiger partial charge in [-0.2, -0.15) is 0 Å². The maximum atomic E-state index is 14.1. The van der Waals surface area contributed by atoms with Crippen molar-refractivity contribution in [3.63, 3.8) is 0 Å². The summed E-state index contributed by atoms with van der Waals surface area (Å²) in [6.07, 6.45) is 5.77. The Morgan fingerprint density at radius 3 is 2.57 bits per heavy atom. The number of hydrogen-bond donors (Lipinski definition) is 1. The number of furan rings is 1. The van der Waals surface area contributed by atoms with Crippen molar-refractivity contribution >= 4 is 17.4 Å². The van der Waals surface area contributed by atoms with Crippen LogP contribution in [0.1, 0.15) is 47.5 Å². The number of carbonyl (C=O) groups excluding carboxylic acids is 2. The summed E-state index contributed by atoms with van der Waals surface area (Å²) in [5.74, 6) is 0.116. The maximum absolute atomic E-state index is 14.1. The molecule has 218 valence electrons. The first-order valence-corrected chi connectivity index (χ1v) is 13.5. The van der Waals surface area contributed by atoms with Crippen molar-refractivity contribution in [2.24, 2.45) is 0 Å². The molecule has 8 nitrogen and oxygen atoms in total. The second-order valence-corrected chi connectivity index (χ2v) is 10.9. The normalized spacial score (nSPS) is 16.2. The first-order valence-electron chi connectivity index (χ1n) is 13.5. The minimum Gasteiger partial charge on any atom is -0.496 e. The lowest BCUT2D eigenvalue weighted by Crippen LogP contribution is -2.50. The van der Waals surface area contributed by atoms with Gasteiger partial charge in [-0.25, -0.2) is 9.18 Å². The molecule has 0 saturated carbocycles. The minimum absolute atomic E-state index is 0.0578. The average Bonchev–Trinajstić information content (AvgIpc) is 3.28. The van der Waals surface area contributed by atoms with Crippen molar-refractivity contribution in [3.8, 4) is 17.2 Å². The van der Waals surface area contributed by atoms with Crippen molar-refractivity contribution in [3.05, 3.63) is 106 Å². The number of ether oxygens (including phenoxy) is 3. The minimum atomic E-state index is -0.825. The molecule has 1 aliphatic carbocycles. The van der Waals surface area contributed by atoms with Gasteiger partial charge in [-0.3, -0.25) is 4.79 Å². The van der Waals surface area contributed by atoms with E-state index in [-0.39, 0.29) is 24.0 Å². The molecule has 2 bridgehead atoms. The van der Waals surface area contributed by atoms with E-state index in [1.807, 2.05) is 32.9 Å². The molecule has 2 heterocycles. The Bertz CT molecular complexity index is 1660. The summed E-state index contributed by atoms with van der Waals surface area (Å²) in [6, 6.07) is 11.2. The van der Waals surface area contributed by atoms with E-state index in [1.165, 1.54) is 25.5 Å². The topological polar surface area (TPSA) is 90.2 Å². The zero-order valence-corrected chi connectivity index (χ0v) is 24.5. The summed E-state index contributed by atoms with van der Waals surface area (Å²) in [5.41, 5.74) is 4.39. The van der Waals surface area contributed by atoms with Gasteiger partial charge < -0.3 is 28.8 Å². The lowest BCUT2D eigenvalue weighted by Gasteiger charge is -2.29. The Morgan fingerprint density at radius 2 is 1.86 bits per heavy atom. The van der Waals surface area contributed by atoms with Crippen LogP contribution in [-0.4, -0.2) is 43.1 Å². The third-order valence-corrected chi connectivity index (χ3v) is 7.44. The number of benzene rings is 2. The zero-order chi connectivity index (χ0) is 30.2. The van der Waals surface area contributed by atoms with E-state index < -0.39 is 17.3 Å². The summed E-state index contributed by atoms with van der Waals surface area (Å²) in [4.78, 5) is 27.8. The largest absolute Gasteiger partial charge is 0.496 e. The molecule has 1 aliphatic heterocycles. The number of carbonyl (C=O) groups is 2. The standard InChI is InChI=1S/C33H33FN2O6/c1-19-7-8-21(34)15-28(19)41-18-26-24(11-9-22-16-27(26)36(5)32(38)33(3,4)35-22)25-12-10-23(17-29(25)39-6)42-31(37)30-20(2)13-14-40-30/h7-15,17,35H,16,18H2,1-6H3. The first-order chi connectivity index (χ1) is 20.0. The molecule has 5 rings (SSSR count). The monoisotopic (exact) mass is 572 g/mol. The predicted molar refractivity (Wildman–Crippen MR) is 156 cm³/mol. The lowest BCUT2D eigenvalue weighted by atomic mass is 9.94. The number of likely N-dealkylation sites (N-methyl/N-ethyl adjacent to an activating group) is 1. The molecule has 2 aromatic carbocycles. The lowest BCUT2D eigenvalue weighted by molar-refractivity contribution is -0.133. The van der Waals surface area contributed by atoms with Gasteiger partial charge in [-0.15, -0.1) is 0 Å². The highest BCUT2D eigenvalue weighted by molar-refractivity contribution is 5.92. The van der Waals surface area contributed by atoms with Crippen LogP contribution in [0.4, 0.5) is 4.39 Å². The second-order valence-electron chi connectivity index (χ2n) is 10.9. The van der Waals surface area contributed by atoms with Crippen LogP contribution in [0.2, 0.25) is 0 Å². The number of aryl methyl sites for hydroxylation is 2. The molecular formula is C33H33FN2O6. The summed E-state index contributed by atoms with van der Waals surface area (Å²) in [5, 5.41) is 3.37.